The van der Waals surface area contributed by atoms with Crippen LogP contribution in [0.25, 0.3) is 0 Å². The summed E-state index contributed by atoms with van der Waals surface area (Å²) in [5.41, 5.74) is 0. The van der Waals surface area contributed by atoms with Crippen molar-refractivity contribution in [3.05, 3.63) is 0 Å². The average Bonchev–Trinajstić information content (AvgIpc) is 1.99. The fourth-order valence-corrected chi connectivity index (χ4v) is 1.77. The lowest BCUT2D eigenvalue weighted by Crippen LogP contribution is -2.44. The van der Waals surface area contributed by atoms with Gasteiger partial charge in [0.15, 0.2) is 0 Å². The van der Waals surface area contributed by atoms with E-state index in [2.05, 4.69) is 5.32 Å². The van der Waals surface area contributed by atoms with Gasteiger partial charge in [-0.25, -0.2) is 0 Å². The van der Waals surface area contributed by atoms with Crippen molar-refractivity contribution in [2.24, 2.45) is 0 Å². The van der Waals surface area contributed by atoms with Gasteiger partial charge in [0.25, 0.3) is 0 Å². The van der Waals surface area contributed by atoms with Gasteiger partial charge in [-0.05, 0) is 25.7 Å². The minimum Gasteiger partial charge on any atom is -0.381 e. The molecule has 1 aliphatic heterocycles. The molecule has 0 spiro atoms. The van der Waals surface area contributed by atoms with E-state index in [0.29, 0.717) is 0 Å². The number of halogens is 1. The Hall–Kier alpha value is 0.210. The van der Waals surface area contributed by atoms with Crippen LogP contribution in [0, 0.1) is 0 Å². The molecule has 0 radical (unpaired) electrons. The standard InChI is InChI=1S/C9H17NO.ClH/c1-2-8(3-1)10-9-4-6-11-7-5-9;/h8-10H,1-7H2;1H. The van der Waals surface area contributed by atoms with Crippen molar-refractivity contribution in [1.82, 2.24) is 5.32 Å². The molecule has 3 heteroatoms. The second-order valence-corrected chi connectivity index (χ2v) is 3.68. The zero-order valence-corrected chi connectivity index (χ0v) is 8.24. The molecule has 72 valence electrons. The maximum absolute atomic E-state index is 5.29. The van der Waals surface area contributed by atoms with Gasteiger partial charge < -0.3 is 10.1 Å². The van der Waals surface area contributed by atoms with E-state index in [0.717, 1.165) is 25.3 Å². The van der Waals surface area contributed by atoms with Crippen LogP contribution in [0.4, 0.5) is 0 Å². The Labute approximate surface area is 80.5 Å². The molecule has 1 heterocycles. The molecule has 0 bridgehead atoms. The summed E-state index contributed by atoms with van der Waals surface area (Å²) < 4.78 is 5.29. The topological polar surface area (TPSA) is 21.3 Å². The SMILES string of the molecule is C1CC(NC2CCOCC2)C1.Cl. The number of hydrogen-bond acceptors (Lipinski definition) is 2. The third-order valence-electron chi connectivity index (χ3n) is 2.80. The molecule has 2 aliphatic rings. The van der Waals surface area contributed by atoms with Crippen LogP contribution in [-0.2, 0) is 4.74 Å². The summed E-state index contributed by atoms with van der Waals surface area (Å²) in [6.07, 6.45) is 6.67. The fourth-order valence-electron chi connectivity index (χ4n) is 1.77. The molecular formula is C9H18ClNO. The van der Waals surface area contributed by atoms with Gasteiger partial charge in [-0.1, -0.05) is 6.42 Å². The Bertz CT molecular complexity index is 122. The second kappa shape index (κ2) is 5.05. The van der Waals surface area contributed by atoms with Crippen molar-refractivity contribution in [2.45, 2.75) is 44.2 Å². The maximum Gasteiger partial charge on any atom is 0.0480 e. The van der Waals surface area contributed by atoms with Crippen LogP contribution in [-0.4, -0.2) is 25.3 Å². The predicted octanol–water partition coefficient (Wildman–Crippen LogP) is 1.73. The quantitative estimate of drug-likeness (QED) is 0.718. The molecule has 2 fully saturated rings. The zero-order valence-electron chi connectivity index (χ0n) is 7.42. The Morgan fingerprint density at radius 3 is 2.00 bits per heavy atom. The summed E-state index contributed by atoms with van der Waals surface area (Å²) >= 11 is 0. The third kappa shape index (κ3) is 2.61. The predicted molar refractivity (Wildman–Crippen MR) is 51.9 cm³/mol. The van der Waals surface area contributed by atoms with E-state index < -0.39 is 0 Å². The Kier molecular flexibility index (Phi) is 4.33. The minimum absolute atomic E-state index is 0. The van der Waals surface area contributed by atoms with E-state index in [1.54, 1.807) is 0 Å². The average molecular weight is 192 g/mol. The smallest absolute Gasteiger partial charge is 0.0480 e. The molecule has 0 aromatic rings. The monoisotopic (exact) mass is 191 g/mol. The molecule has 1 saturated carbocycles. The summed E-state index contributed by atoms with van der Waals surface area (Å²) in [5.74, 6) is 0. The molecule has 1 aliphatic carbocycles. The maximum atomic E-state index is 5.29. The highest BCUT2D eigenvalue weighted by atomic mass is 35.5. The molecule has 0 aromatic heterocycles. The molecule has 1 N–H and O–H groups in total. The summed E-state index contributed by atoms with van der Waals surface area (Å²) in [5, 5.41) is 3.68. The van der Waals surface area contributed by atoms with Crippen molar-refractivity contribution in [1.29, 1.82) is 0 Å². The lowest BCUT2D eigenvalue weighted by molar-refractivity contribution is 0.0712. The van der Waals surface area contributed by atoms with E-state index in [-0.39, 0.29) is 12.4 Å². The Balaban J connectivity index is 0.000000720. The largest absolute Gasteiger partial charge is 0.381 e. The van der Waals surface area contributed by atoms with Gasteiger partial charge in [0.2, 0.25) is 0 Å². The first-order valence-corrected chi connectivity index (χ1v) is 4.79. The van der Waals surface area contributed by atoms with Gasteiger partial charge >= 0.3 is 0 Å². The summed E-state index contributed by atoms with van der Waals surface area (Å²) in [7, 11) is 0. The van der Waals surface area contributed by atoms with Crippen LogP contribution in [0.5, 0.6) is 0 Å². The van der Waals surface area contributed by atoms with E-state index in [1.807, 2.05) is 0 Å². The van der Waals surface area contributed by atoms with Crippen LogP contribution in [0.3, 0.4) is 0 Å². The molecule has 1 saturated heterocycles. The number of hydrogen-bond donors (Lipinski definition) is 1. The molecule has 2 nitrogen and oxygen atoms in total. The van der Waals surface area contributed by atoms with Gasteiger partial charge in [-0.3, -0.25) is 0 Å². The van der Waals surface area contributed by atoms with Gasteiger partial charge in [0, 0.05) is 25.3 Å². The first-order valence-electron chi connectivity index (χ1n) is 4.79. The van der Waals surface area contributed by atoms with Crippen LogP contribution in [0.2, 0.25) is 0 Å². The first kappa shape index (κ1) is 10.3. The van der Waals surface area contributed by atoms with Crippen LogP contribution < -0.4 is 5.32 Å². The van der Waals surface area contributed by atoms with E-state index >= 15 is 0 Å². The third-order valence-corrected chi connectivity index (χ3v) is 2.80. The second-order valence-electron chi connectivity index (χ2n) is 3.68. The van der Waals surface area contributed by atoms with E-state index in [9.17, 15) is 0 Å². The Morgan fingerprint density at radius 2 is 1.50 bits per heavy atom. The molecular weight excluding hydrogens is 174 g/mol. The van der Waals surface area contributed by atoms with Crippen LogP contribution in [0.1, 0.15) is 32.1 Å². The van der Waals surface area contributed by atoms with Crippen molar-refractivity contribution in [2.75, 3.05) is 13.2 Å². The van der Waals surface area contributed by atoms with Crippen molar-refractivity contribution >= 4 is 12.4 Å². The highest BCUT2D eigenvalue weighted by molar-refractivity contribution is 5.85. The molecule has 2 rings (SSSR count). The van der Waals surface area contributed by atoms with Gasteiger partial charge in [0.05, 0.1) is 0 Å². The zero-order chi connectivity index (χ0) is 7.52. The lowest BCUT2D eigenvalue weighted by atomic mass is 9.91. The fraction of sp³-hybridized carbons (Fsp3) is 1.00. The van der Waals surface area contributed by atoms with Crippen molar-refractivity contribution in [3.63, 3.8) is 0 Å². The summed E-state index contributed by atoms with van der Waals surface area (Å²) in [6.45, 7) is 1.93. The lowest BCUT2D eigenvalue weighted by Gasteiger charge is -2.33. The molecule has 0 aromatic carbocycles. The van der Waals surface area contributed by atoms with Gasteiger partial charge in [-0.15, -0.1) is 12.4 Å². The number of rotatable bonds is 2. The van der Waals surface area contributed by atoms with Gasteiger partial charge in [-0.2, -0.15) is 0 Å². The van der Waals surface area contributed by atoms with E-state index in [1.165, 1.54) is 32.1 Å². The number of ether oxygens (including phenoxy) is 1. The molecule has 0 amide bonds. The highest BCUT2D eigenvalue weighted by Crippen LogP contribution is 2.20. The summed E-state index contributed by atoms with van der Waals surface area (Å²) in [4.78, 5) is 0. The van der Waals surface area contributed by atoms with Crippen LogP contribution >= 0.6 is 12.4 Å². The van der Waals surface area contributed by atoms with Crippen molar-refractivity contribution in [3.8, 4) is 0 Å². The normalized spacial score (nSPS) is 26.0. The van der Waals surface area contributed by atoms with Crippen LogP contribution in [0.15, 0.2) is 0 Å². The number of nitrogens with one attached hydrogen (secondary N) is 1. The molecule has 0 unspecified atom stereocenters. The highest BCUT2D eigenvalue weighted by Gasteiger charge is 2.22. The Morgan fingerprint density at radius 1 is 0.917 bits per heavy atom. The van der Waals surface area contributed by atoms with Gasteiger partial charge in [0.1, 0.15) is 0 Å². The van der Waals surface area contributed by atoms with Crippen molar-refractivity contribution < 1.29 is 4.74 Å². The first-order chi connectivity index (χ1) is 5.45. The minimum atomic E-state index is 0. The molecule has 0 atom stereocenters. The molecule has 12 heavy (non-hydrogen) atoms. The summed E-state index contributed by atoms with van der Waals surface area (Å²) in [6, 6.07) is 1.60. The van der Waals surface area contributed by atoms with E-state index in [4.69, 9.17) is 4.74 Å².